The van der Waals surface area contributed by atoms with Gasteiger partial charge in [-0.25, -0.2) is 0 Å². The molecule has 0 saturated heterocycles. The van der Waals surface area contributed by atoms with E-state index in [0.29, 0.717) is 17.1 Å². The Hall–Kier alpha value is -1.66. The average Bonchev–Trinajstić information content (AvgIpc) is 2.94. The molecule has 0 aliphatic rings. The standard InChI is InChI=1S/C14H18N2O3S/c1-4-5-11-14(20-16-15-11)13(17)10-7-6-9(18-2)8-12(10)19-3/h6-8,13,17H,4-5H2,1-3H3. The van der Waals surface area contributed by atoms with Crippen molar-refractivity contribution in [2.45, 2.75) is 25.9 Å². The molecule has 0 amide bonds. The molecule has 1 heterocycles. The van der Waals surface area contributed by atoms with Crippen molar-refractivity contribution >= 4 is 11.5 Å². The van der Waals surface area contributed by atoms with Gasteiger partial charge in [0.25, 0.3) is 0 Å². The fourth-order valence-electron chi connectivity index (χ4n) is 2.02. The quantitative estimate of drug-likeness (QED) is 0.887. The van der Waals surface area contributed by atoms with E-state index in [1.54, 1.807) is 32.4 Å². The molecule has 0 aliphatic heterocycles. The smallest absolute Gasteiger partial charge is 0.128 e. The molecule has 1 aromatic carbocycles. The van der Waals surface area contributed by atoms with Crippen LogP contribution in [0.1, 0.15) is 35.6 Å². The maximum absolute atomic E-state index is 10.6. The number of benzene rings is 1. The molecule has 1 N–H and O–H groups in total. The van der Waals surface area contributed by atoms with Crippen LogP contribution in [0.2, 0.25) is 0 Å². The van der Waals surface area contributed by atoms with E-state index in [2.05, 4.69) is 16.5 Å². The molecule has 1 unspecified atom stereocenters. The average molecular weight is 294 g/mol. The molecule has 0 aliphatic carbocycles. The lowest BCUT2D eigenvalue weighted by Crippen LogP contribution is -2.04. The summed E-state index contributed by atoms with van der Waals surface area (Å²) < 4.78 is 14.4. The molecule has 1 atom stereocenters. The first-order chi connectivity index (χ1) is 9.71. The summed E-state index contributed by atoms with van der Waals surface area (Å²) in [5, 5.41) is 14.7. The first kappa shape index (κ1) is 14.7. The molecule has 5 nitrogen and oxygen atoms in total. The van der Waals surface area contributed by atoms with Crippen molar-refractivity contribution in [3.05, 3.63) is 34.3 Å². The number of hydrogen-bond acceptors (Lipinski definition) is 6. The van der Waals surface area contributed by atoms with Crippen LogP contribution in [-0.2, 0) is 6.42 Å². The first-order valence-electron chi connectivity index (χ1n) is 6.42. The van der Waals surface area contributed by atoms with Gasteiger partial charge in [0.1, 0.15) is 17.6 Å². The Morgan fingerprint density at radius 1 is 1.30 bits per heavy atom. The van der Waals surface area contributed by atoms with Gasteiger partial charge in [-0.15, -0.1) is 5.10 Å². The van der Waals surface area contributed by atoms with Crippen LogP contribution >= 0.6 is 11.5 Å². The molecule has 0 spiro atoms. The van der Waals surface area contributed by atoms with Crippen LogP contribution in [-0.4, -0.2) is 28.9 Å². The van der Waals surface area contributed by atoms with Crippen molar-refractivity contribution in [3.8, 4) is 11.5 Å². The Morgan fingerprint density at radius 3 is 2.75 bits per heavy atom. The summed E-state index contributed by atoms with van der Waals surface area (Å²) in [4.78, 5) is 0.773. The summed E-state index contributed by atoms with van der Waals surface area (Å²) in [6.07, 6.45) is 0.990. The van der Waals surface area contributed by atoms with Gasteiger partial charge in [0.05, 0.1) is 24.8 Å². The molecule has 2 aromatic rings. The second-order valence-electron chi connectivity index (χ2n) is 4.34. The van der Waals surface area contributed by atoms with Gasteiger partial charge in [0.15, 0.2) is 0 Å². The number of nitrogens with zero attached hydrogens (tertiary/aromatic N) is 2. The van der Waals surface area contributed by atoms with E-state index in [1.165, 1.54) is 11.5 Å². The molecule has 6 heteroatoms. The third-order valence-corrected chi connectivity index (χ3v) is 3.87. The highest BCUT2D eigenvalue weighted by molar-refractivity contribution is 7.05. The van der Waals surface area contributed by atoms with Crippen LogP contribution < -0.4 is 9.47 Å². The van der Waals surface area contributed by atoms with Gasteiger partial charge in [-0.3, -0.25) is 0 Å². The lowest BCUT2D eigenvalue weighted by molar-refractivity contribution is 0.217. The molecular weight excluding hydrogens is 276 g/mol. The lowest BCUT2D eigenvalue weighted by atomic mass is 10.0. The Morgan fingerprint density at radius 2 is 2.10 bits per heavy atom. The van der Waals surface area contributed by atoms with Gasteiger partial charge in [-0.1, -0.05) is 17.8 Å². The summed E-state index contributed by atoms with van der Waals surface area (Å²) in [5.74, 6) is 1.28. The van der Waals surface area contributed by atoms with Gasteiger partial charge in [0.2, 0.25) is 0 Å². The van der Waals surface area contributed by atoms with Crippen molar-refractivity contribution in [1.82, 2.24) is 9.59 Å². The highest BCUT2D eigenvalue weighted by Gasteiger charge is 2.21. The second-order valence-corrected chi connectivity index (χ2v) is 5.13. The van der Waals surface area contributed by atoms with E-state index in [1.807, 2.05) is 0 Å². The number of ether oxygens (including phenoxy) is 2. The van der Waals surface area contributed by atoms with Crippen LogP contribution in [0.25, 0.3) is 0 Å². The molecule has 108 valence electrons. The summed E-state index contributed by atoms with van der Waals surface area (Å²) in [5.41, 5.74) is 1.54. The number of aliphatic hydroxyl groups excluding tert-OH is 1. The fourth-order valence-corrected chi connectivity index (χ4v) is 2.72. The maximum atomic E-state index is 10.6. The summed E-state index contributed by atoms with van der Waals surface area (Å²) in [6, 6.07) is 5.36. The summed E-state index contributed by atoms with van der Waals surface area (Å²) >= 11 is 1.22. The molecule has 20 heavy (non-hydrogen) atoms. The van der Waals surface area contributed by atoms with Crippen molar-refractivity contribution in [1.29, 1.82) is 0 Å². The molecule has 0 bridgehead atoms. The van der Waals surface area contributed by atoms with Gasteiger partial charge in [-0.2, -0.15) is 0 Å². The van der Waals surface area contributed by atoms with Gasteiger partial charge in [-0.05, 0) is 30.1 Å². The number of aliphatic hydroxyl groups is 1. The summed E-state index contributed by atoms with van der Waals surface area (Å²) in [7, 11) is 3.17. The lowest BCUT2D eigenvalue weighted by Gasteiger charge is -2.15. The largest absolute Gasteiger partial charge is 0.497 e. The predicted molar refractivity (Wildman–Crippen MR) is 77.5 cm³/mol. The van der Waals surface area contributed by atoms with E-state index in [0.717, 1.165) is 23.4 Å². The number of aryl methyl sites for hydroxylation is 1. The van der Waals surface area contributed by atoms with Crippen molar-refractivity contribution in [3.63, 3.8) is 0 Å². The third-order valence-electron chi connectivity index (χ3n) is 3.06. The zero-order chi connectivity index (χ0) is 14.5. The third kappa shape index (κ3) is 2.91. The van der Waals surface area contributed by atoms with E-state index < -0.39 is 6.10 Å². The van der Waals surface area contributed by atoms with E-state index in [9.17, 15) is 5.11 Å². The monoisotopic (exact) mass is 294 g/mol. The highest BCUT2D eigenvalue weighted by atomic mass is 32.1. The van der Waals surface area contributed by atoms with Gasteiger partial charge < -0.3 is 14.6 Å². The first-order valence-corrected chi connectivity index (χ1v) is 7.19. The minimum atomic E-state index is -0.780. The SMILES string of the molecule is CCCc1nnsc1C(O)c1ccc(OC)cc1OC. The summed E-state index contributed by atoms with van der Waals surface area (Å²) in [6.45, 7) is 2.07. The molecular formula is C14H18N2O3S. The predicted octanol–water partition coefficient (Wildman–Crippen LogP) is 2.59. The zero-order valence-electron chi connectivity index (χ0n) is 11.8. The van der Waals surface area contributed by atoms with E-state index in [-0.39, 0.29) is 0 Å². The highest BCUT2D eigenvalue weighted by Crippen LogP contribution is 2.35. The topological polar surface area (TPSA) is 64.5 Å². The number of methoxy groups -OCH3 is 2. The maximum Gasteiger partial charge on any atom is 0.128 e. The molecule has 1 aromatic heterocycles. The van der Waals surface area contributed by atoms with Crippen molar-refractivity contribution in [2.75, 3.05) is 14.2 Å². The Labute approximate surface area is 122 Å². The zero-order valence-corrected chi connectivity index (χ0v) is 12.6. The van der Waals surface area contributed by atoms with Gasteiger partial charge in [0, 0.05) is 11.6 Å². The van der Waals surface area contributed by atoms with E-state index in [4.69, 9.17) is 9.47 Å². The van der Waals surface area contributed by atoms with Crippen LogP contribution in [0.3, 0.4) is 0 Å². The number of rotatable bonds is 6. The normalized spacial score (nSPS) is 12.2. The van der Waals surface area contributed by atoms with Crippen LogP contribution in [0.5, 0.6) is 11.5 Å². The Kier molecular flexibility index (Phi) is 4.92. The molecule has 0 radical (unpaired) electrons. The van der Waals surface area contributed by atoms with Crippen molar-refractivity contribution in [2.24, 2.45) is 0 Å². The van der Waals surface area contributed by atoms with Crippen LogP contribution in [0.15, 0.2) is 18.2 Å². The molecule has 0 saturated carbocycles. The van der Waals surface area contributed by atoms with Crippen LogP contribution in [0.4, 0.5) is 0 Å². The van der Waals surface area contributed by atoms with Crippen molar-refractivity contribution < 1.29 is 14.6 Å². The van der Waals surface area contributed by atoms with E-state index >= 15 is 0 Å². The number of hydrogen-bond donors (Lipinski definition) is 1. The van der Waals surface area contributed by atoms with Gasteiger partial charge >= 0.3 is 0 Å². The number of aromatic nitrogens is 2. The Balaban J connectivity index is 2.37. The minimum absolute atomic E-state index is 0.590. The van der Waals surface area contributed by atoms with Crippen LogP contribution in [0, 0.1) is 0 Å². The fraction of sp³-hybridized carbons (Fsp3) is 0.429. The minimum Gasteiger partial charge on any atom is -0.497 e. The Bertz CT molecular complexity index is 571. The molecule has 0 fully saturated rings. The second kappa shape index (κ2) is 6.67. The molecule has 2 rings (SSSR count).